The quantitative estimate of drug-likeness (QED) is 0.676. The molecule has 0 bridgehead atoms. The van der Waals surface area contributed by atoms with Gasteiger partial charge in [-0.15, -0.1) is 0 Å². The van der Waals surface area contributed by atoms with Crippen molar-refractivity contribution in [3.05, 3.63) is 0 Å². The van der Waals surface area contributed by atoms with Gasteiger partial charge in [-0.2, -0.15) is 14.8 Å². The van der Waals surface area contributed by atoms with Gasteiger partial charge in [-0.05, 0) is 13.8 Å². The highest BCUT2D eigenvalue weighted by Gasteiger charge is 2.24. The van der Waals surface area contributed by atoms with Crippen LogP contribution in [0.5, 0.6) is 0 Å². The van der Waals surface area contributed by atoms with E-state index < -0.39 is 15.3 Å². The van der Waals surface area contributed by atoms with Crippen molar-refractivity contribution >= 4 is 10.0 Å². The molecular weight excluding hydrogens is 214 g/mol. The van der Waals surface area contributed by atoms with Gasteiger partial charge in [-0.25, -0.2) is 8.42 Å². The normalized spacial score (nSPS) is 11.3. The summed E-state index contributed by atoms with van der Waals surface area (Å²) >= 11 is 0. The van der Waals surface area contributed by atoms with Gasteiger partial charge in [-0.1, -0.05) is 0 Å². The first-order valence-electron chi connectivity index (χ1n) is 4.69. The van der Waals surface area contributed by atoms with Crippen molar-refractivity contribution in [2.75, 3.05) is 13.1 Å². The van der Waals surface area contributed by atoms with Crippen LogP contribution >= 0.6 is 0 Å². The Labute approximate surface area is 91.0 Å². The Morgan fingerprint density at radius 1 is 1.13 bits per heavy atom. The predicted molar refractivity (Wildman–Crippen MR) is 56.1 cm³/mol. The first-order valence-corrected chi connectivity index (χ1v) is 6.20. The lowest BCUT2D eigenvalue weighted by Gasteiger charge is -2.22. The molecule has 0 N–H and O–H groups in total. The average molecular weight is 229 g/mol. The molecule has 0 amide bonds. The molecule has 0 spiro atoms. The Morgan fingerprint density at radius 3 is 1.80 bits per heavy atom. The molecule has 0 aromatic rings. The monoisotopic (exact) mass is 229 g/mol. The number of nitriles is 2. The van der Waals surface area contributed by atoms with E-state index in [2.05, 4.69) is 0 Å². The molecule has 0 saturated carbocycles. The van der Waals surface area contributed by atoms with Crippen LogP contribution in [0.4, 0.5) is 0 Å². The molecule has 0 unspecified atom stereocenters. The molecule has 0 radical (unpaired) electrons. The van der Waals surface area contributed by atoms with E-state index >= 15 is 0 Å². The van der Waals surface area contributed by atoms with Crippen LogP contribution in [0.2, 0.25) is 0 Å². The van der Waals surface area contributed by atoms with Gasteiger partial charge in [0, 0.05) is 25.9 Å². The summed E-state index contributed by atoms with van der Waals surface area (Å²) in [5.74, 6) is 0. The largest absolute Gasteiger partial charge is 0.216 e. The molecule has 0 aromatic heterocycles. The zero-order valence-corrected chi connectivity index (χ0v) is 9.79. The van der Waals surface area contributed by atoms with Crippen LogP contribution in [0.25, 0.3) is 0 Å². The second-order valence-electron chi connectivity index (χ2n) is 3.31. The maximum absolute atomic E-state index is 11.7. The van der Waals surface area contributed by atoms with Crippen molar-refractivity contribution in [3.63, 3.8) is 0 Å². The Morgan fingerprint density at radius 2 is 1.53 bits per heavy atom. The zero-order valence-electron chi connectivity index (χ0n) is 8.97. The first kappa shape index (κ1) is 13.9. The Hall–Kier alpha value is -1.11. The van der Waals surface area contributed by atoms with Crippen molar-refractivity contribution in [1.29, 1.82) is 10.5 Å². The fourth-order valence-corrected chi connectivity index (χ4v) is 2.30. The number of hydrogen-bond acceptors (Lipinski definition) is 4. The third-order valence-corrected chi connectivity index (χ3v) is 4.18. The van der Waals surface area contributed by atoms with Gasteiger partial charge in [0.1, 0.15) is 0 Å². The smallest absolute Gasteiger partial charge is 0.212 e. The molecule has 6 heteroatoms. The SMILES string of the molecule is CC(C)S(=O)(=O)N(CCC#N)CCC#N. The van der Waals surface area contributed by atoms with E-state index in [9.17, 15) is 8.42 Å². The number of sulfonamides is 1. The molecular formula is C9H15N3O2S. The predicted octanol–water partition coefficient (Wildman–Crippen LogP) is 0.854. The highest BCUT2D eigenvalue weighted by molar-refractivity contribution is 7.89. The van der Waals surface area contributed by atoms with Gasteiger partial charge in [0.25, 0.3) is 0 Å². The van der Waals surface area contributed by atoms with E-state index in [1.807, 2.05) is 12.1 Å². The molecule has 0 aromatic carbocycles. The lowest BCUT2D eigenvalue weighted by molar-refractivity contribution is 0.419. The minimum atomic E-state index is -3.35. The number of hydrogen-bond donors (Lipinski definition) is 0. The van der Waals surface area contributed by atoms with Crippen molar-refractivity contribution in [2.45, 2.75) is 31.9 Å². The zero-order chi connectivity index (χ0) is 11.9. The van der Waals surface area contributed by atoms with Crippen molar-refractivity contribution < 1.29 is 8.42 Å². The van der Waals surface area contributed by atoms with E-state index in [1.54, 1.807) is 13.8 Å². The maximum atomic E-state index is 11.7. The second-order valence-corrected chi connectivity index (χ2v) is 5.80. The van der Waals surface area contributed by atoms with Crippen molar-refractivity contribution in [3.8, 4) is 12.1 Å². The summed E-state index contributed by atoms with van der Waals surface area (Å²) in [7, 11) is -3.35. The number of nitrogens with zero attached hydrogens (tertiary/aromatic N) is 3. The van der Waals surface area contributed by atoms with Gasteiger partial charge in [0.05, 0.1) is 17.4 Å². The van der Waals surface area contributed by atoms with E-state index in [-0.39, 0.29) is 25.9 Å². The Kier molecular flexibility index (Phi) is 5.92. The highest BCUT2D eigenvalue weighted by atomic mass is 32.2. The molecule has 15 heavy (non-hydrogen) atoms. The van der Waals surface area contributed by atoms with E-state index in [4.69, 9.17) is 10.5 Å². The molecule has 0 rings (SSSR count). The van der Waals surface area contributed by atoms with Crippen molar-refractivity contribution in [2.24, 2.45) is 0 Å². The number of rotatable bonds is 6. The fourth-order valence-electron chi connectivity index (χ4n) is 1.01. The summed E-state index contributed by atoms with van der Waals surface area (Å²) in [6.07, 6.45) is 0.300. The van der Waals surface area contributed by atoms with E-state index in [0.717, 1.165) is 0 Å². The summed E-state index contributed by atoms with van der Waals surface area (Å²) in [5, 5.41) is 16.3. The fraction of sp³-hybridized carbons (Fsp3) is 0.778. The van der Waals surface area contributed by atoms with Crippen LogP contribution in [0.15, 0.2) is 0 Å². The summed E-state index contributed by atoms with van der Waals surface area (Å²) in [6.45, 7) is 3.50. The summed E-state index contributed by atoms with van der Waals surface area (Å²) < 4.78 is 24.7. The van der Waals surface area contributed by atoms with Crippen LogP contribution < -0.4 is 0 Å². The van der Waals surface area contributed by atoms with Crippen LogP contribution in [0.3, 0.4) is 0 Å². The summed E-state index contributed by atoms with van der Waals surface area (Å²) in [6, 6.07) is 3.79. The van der Waals surface area contributed by atoms with Crippen LogP contribution in [0.1, 0.15) is 26.7 Å². The lowest BCUT2D eigenvalue weighted by atomic mass is 10.4. The van der Waals surface area contributed by atoms with Gasteiger partial charge in [0.15, 0.2) is 0 Å². The lowest BCUT2D eigenvalue weighted by Crippen LogP contribution is -2.37. The molecule has 0 fully saturated rings. The third kappa shape index (κ3) is 4.28. The minimum absolute atomic E-state index is 0.150. The van der Waals surface area contributed by atoms with Gasteiger partial charge < -0.3 is 0 Å². The van der Waals surface area contributed by atoms with Gasteiger partial charge >= 0.3 is 0 Å². The van der Waals surface area contributed by atoms with Crippen LogP contribution in [-0.2, 0) is 10.0 Å². The second kappa shape index (κ2) is 6.39. The van der Waals surface area contributed by atoms with E-state index in [0.29, 0.717) is 0 Å². The standard InChI is InChI=1S/C9H15N3O2S/c1-9(2)15(13,14)12(7-3-5-10)8-4-6-11/h9H,3-4,7-8H2,1-2H3. The van der Waals surface area contributed by atoms with Gasteiger partial charge in [0.2, 0.25) is 10.0 Å². The summed E-state index contributed by atoms with van der Waals surface area (Å²) in [4.78, 5) is 0. The molecule has 84 valence electrons. The molecule has 5 nitrogen and oxygen atoms in total. The van der Waals surface area contributed by atoms with Gasteiger partial charge in [-0.3, -0.25) is 0 Å². The average Bonchev–Trinajstić information content (AvgIpc) is 2.17. The molecule has 0 aliphatic carbocycles. The van der Waals surface area contributed by atoms with Crippen molar-refractivity contribution in [1.82, 2.24) is 4.31 Å². The molecule has 0 saturated heterocycles. The topological polar surface area (TPSA) is 85.0 Å². The van der Waals surface area contributed by atoms with E-state index in [1.165, 1.54) is 4.31 Å². The molecule has 0 aliphatic rings. The molecule has 0 atom stereocenters. The van der Waals surface area contributed by atoms with Crippen LogP contribution in [0, 0.1) is 22.7 Å². The molecule has 0 aliphatic heterocycles. The molecule has 0 heterocycles. The minimum Gasteiger partial charge on any atom is -0.212 e. The third-order valence-electron chi connectivity index (χ3n) is 1.90. The summed E-state index contributed by atoms with van der Waals surface area (Å²) in [5.41, 5.74) is 0. The Balaban J connectivity index is 4.64. The first-order chi connectivity index (χ1) is 6.96. The van der Waals surface area contributed by atoms with Crippen LogP contribution in [-0.4, -0.2) is 31.1 Å². The Bertz CT molecular complexity index is 344. The highest BCUT2D eigenvalue weighted by Crippen LogP contribution is 2.09. The maximum Gasteiger partial charge on any atom is 0.216 e.